The van der Waals surface area contributed by atoms with Crippen LogP contribution in [0.25, 0.3) is 5.76 Å². The number of ketones is 1. The predicted molar refractivity (Wildman–Crippen MR) is 118 cm³/mol. The Bertz CT molecular complexity index is 1100. The molecular weight excluding hydrogens is 376 g/mol. The highest BCUT2D eigenvalue weighted by molar-refractivity contribution is 6.51. The van der Waals surface area contributed by atoms with E-state index in [0.717, 1.165) is 11.3 Å². The molecule has 1 aliphatic heterocycles. The fraction of sp³-hybridized carbons (Fsp3) is 0.120. The maximum absolute atomic E-state index is 13.0. The summed E-state index contributed by atoms with van der Waals surface area (Å²) in [5, 5.41) is 11.0. The average molecular weight is 398 g/mol. The van der Waals surface area contributed by atoms with E-state index in [9.17, 15) is 14.7 Å². The molecule has 3 aromatic rings. The molecule has 0 unspecified atom stereocenters. The topological polar surface area (TPSA) is 60.9 Å². The van der Waals surface area contributed by atoms with E-state index in [4.69, 9.17) is 0 Å². The molecule has 0 bridgehead atoms. The van der Waals surface area contributed by atoms with Gasteiger partial charge in [0.25, 0.3) is 11.7 Å². The van der Waals surface area contributed by atoms with Crippen LogP contribution in [0.5, 0.6) is 0 Å². The van der Waals surface area contributed by atoms with Crippen molar-refractivity contribution in [3.05, 3.63) is 102 Å². The van der Waals surface area contributed by atoms with Crippen molar-refractivity contribution in [2.24, 2.45) is 0 Å². The summed E-state index contributed by atoms with van der Waals surface area (Å²) in [4.78, 5) is 29.5. The Morgan fingerprint density at radius 2 is 1.40 bits per heavy atom. The molecule has 3 aromatic carbocycles. The standard InChI is InChI=1S/C25H22N2O3/c1-26(2)19-15-13-17(14-16-19)22-21(23(28)18-9-5-3-6-10-18)24(29)25(30)27(22)20-11-7-4-8-12-20/h3-16,22,28H,1-2H3/t22-/m0/s1. The van der Waals surface area contributed by atoms with Crippen LogP contribution in [-0.2, 0) is 9.59 Å². The van der Waals surface area contributed by atoms with Gasteiger partial charge in [-0.3, -0.25) is 14.5 Å². The third-order valence-corrected chi connectivity index (χ3v) is 5.25. The fourth-order valence-electron chi connectivity index (χ4n) is 3.71. The summed E-state index contributed by atoms with van der Waals surface area (Å²) in [6, 6.07) is 24.8. The lowest BCUT2D eigenvalue weighted by molar-refractivity contribution is -0.132. The van der Waals surface area contributed by atoms with Gasteiger partial charge in [0, 0.05) is 31.0 Å². The number of hydrogen-bond donors (Lipinski definition) is 1. The number of aliphatic hydroxyl groups excluding tert-OH is 1. The lowest BCUT2D eigenvalue weighted by Crippen LogP contribution is -2.29. The minimum Gasteiger partial charge on any atom is -0.507 e. The van der Waals surface area contributed by atoms with Crippen LogP contribution >= 0.6 is 0 Å². The van der Waals surface area contributed by atoms with Crippen LogP contribution in [0.4, 0.5) is 11.4 Å². The lowest BCUT2D eigenvalue weighted by atomic mass is 9.95. The largest absolute Gasteiger partial charge is 0.507 e. The van der Waals surface area contributed by atoms with Gasteiger partial charge in [0.1, 0.15) is 5.76 Å². The van der Waals surface area contributed by atoms with Crippen molar-refractivity contribution in [3.8, 4) is 0 Å². The number of Topliss-reactive ketones (excluding diaryl/α,β-unsaturated/α-hetero) is 1. The molecule has 5 nitrogen and oxygen atoms in total. The zero-order chi connectivity index (χ0) is 21.3. The van der Waals surface area contributed by atoms with Crippen LogP contribution in [0.3, 0.4) is 0 Å². The Hall–Kier alpha value is -3.86. The summed E-state index contributed by atoms with van der Waals surface area (Å²) in [7, 11) is 3.89. The Morgan fingerprint density at radius 1 is 0.833 bits per heavy atom. The number of hydrogen-bond acceptors (Lipinski definition) is 4. The van der Waals surface area contributed by atoms with E-state index in [0.29, 0.717) is 11.3 Å². The molecule has 1 aliphatic rings. The number of carbonyl (C=O) groups is 2. The third-order valence-electron chi connectivity index (χ3n) is 5.25. The maximum atomic E-state index is 13.0. The average Bonchev–Trinajstić information content (AvgIpc) is 3.05. The van der Waals surface area contributed by atoms with Crippen LogP contribution in [0.2, 0.25) is 0 Å². The van der Waals surface area contributed by atoms with Crippen LogP contribution in [0.1, 0.15) is 17.2 Å². The van der Waals surface area contributed by atoms with Crippen molar-refractivity contribution in [3.63, 3.8) is 0 Å². The van der Waals surface area contributed by atoms with Crippen molar-refractivity contribution in [1.29, 1.82) is 0 Å². The molecule has 1 saturated heterocycles. The van der Waals surface area contributed by atoms with Gasteiger partial charge in [-0.25, -0.2) is 0 Å². The Kier molecular flexibility index (Phi) is 5.11. The van der Waals surface area contributed by atoms with E-state index < -0.39 is 17.7 Å². The van der Waals surface area contributed by atoms with Crippen molar-refractivity contribution < 1.29 is 14.7 Å². The highest BCUT2D eigenvalue weighted by atomic mass is 16.3. The van der Waals surface area contributed by atoms with Gasteiger partial charge < -0.3 is 10.0 Å². The number of anilines is 2. The normalized spacial score (nSPS) is 17.9. The van der Waals surface area contributed by atoms with Gasteiger partial charge >= 0.3 is 0 Å². The Balaban J connectivity index is 1.92. The third kappa shape index (κ3) is 3.35. The first-order valence-corrected chi connectivity index (χ1v) is 9.68. The molecule has 0 aromatic heterocycles. The summed E-state index contributed by atoms with van der Waals surface area (Å²) < 4.78 is 0. The van der Waals surface area contributed by atoms with E-state index in [1.165, 1.54) is 4.90 Å². The molecule has 30 heavy (non-hydrogen) atoms. The summed E-state index contributed by atoms with van der Waals surface area (Å²) in [5.41, 5.74) is 2.94. The van der Waals surface area contributed by atoms with Gasteiger partial charge in [-0.05, 0) is 29.8 Å². The molecular formula is C25H22N2O3. The van der Waals surface area contributed by atoms with Gasteiger partial charge in [0.2, 0.25) is 0 Å². The minimum absolute atomic E-state index is 0.0904. The number of carbonyl (C=O) groups excluding carboxylic acids is 2. The predicted octanol–water partition coefficient (Wildman–Crippen LogP) is 4.38. The molecule has 0 saturated carbocycles. The zero-order valence-corrected chi connectivity index (χ0v) is 16.8. The molecule has 1 fully saturated rings. The first-order valence-electron chi connectivity index (χ1n) is 9.68. The maximum Gasteiger partial charge on any atom is 0.300 e. The second-order valence-corrected chi connectivity index (χ2v) is 7.36. The SMILES string of the molecule is CN(C)c1ccc([C@H]2C(=C(O)c3ccccc3)C(=O)C(=O)N2c2ccccc2)cc1. The van der Waals surface area contributed by atoms with Crippen LogP contribution in [0, 0.1) is 0 Å². The minimum atomic E-state index is -0.719. The summed E-state index contributed by atoms with van der Waals surface area (Å²) in [5.74, 6) is -1.52. The van der Waals surface area contributed by atoms with E-state index in [1.54, 1.807) is 36.4 Å². The molecule has 5 heteroatoms. The molecule has 1 heterocycles. The lowest BCUT2D eigenvalue weighted by Gasteiger charge is -2.26. The second-order valence-electron chi connectivity index (χ2n) is 7.36. The van der Waals surface area contributed by atoms with Crippen molar-refractivity contribution in [1.82, 2.24) is 0 Å². The molecule has 1 atom stereocenters. The summed E-state index contributed by atoms with van der Waals surface area (Å²) in [6.45, 7) is 0. The molecule has 0 aliphatic carbocycles. The van der Waals surface area contributed by atoms with E-state index in [1.807, 2.05) is 67.5 Å². The molecule has 1 amide bonds. The number of rotatable bonds is 4. The zero-order valence-electron chi connectivity index (χ0n) is 16.8. The smallest absolute Gasteiger partial charge is 0.300 e. The van der Waals surface area contributed by atoms with Crippen LogP contribution < -0.4 is 9.80 Å². The van der Waals surface area contributed by atoms with Crippen molar-refractivity contribution >= 4 is 28.8 Å². The van der Waals surface area contributed by atoms with Gasteiger partial charge in [-0.1, -0.05) is 60.7 Å². The number of amides is 1. The first kappa shape index (κ1) is 19.5. The monoisotopic (exact) mass is 398 g/mol. The second kappa shape index (κ2) is 7.87. The number of benzene rings is 3. The Morgan fingerprint density at radius 3 is 1.97 bits per heavy atom. The number of aliphatic hydroxyl groups is 1. The summed E-state index contributed by atoms with van der Waals surface area (Å²) in [6.07, 6.45) is 0. The van der Waals surface area contributed by atoms with Gasteiger partial charge in [0.05, 0.1) is 11.6 Å². The number of para-hydroxylation sites is 1. The summed E-state index contributed by atoms with van der Waals surface area (Å²) >= 11 is 0. The van der Waals surface area contributed by atoms with Crippen molar-refractivity contribution in [2.45, 2.75) is 6.04 Å². The quantitative estimate of drug-likeness (QED) is 0.403. The van der Waals surface area contributed by atoms with Crippen molar-refractivity contribution in [2.75, 3.05) is 23.9 Å². The van der Waals surface area contributed by atoms with E-state index in [2.05, 4.69) is 0 Å². The molecule has 0 spiro atoms. The first-order chi connectivity index (χ1) is 14.5. The number of nitrogens with zero attached hydrogens (tertiary/aromatic N) is 2. The molecule has 1 N–H and O–H groups in total. The van der Waals surface area contributed by atoms with Gasteiger partial charge in [-0.2, -0.15) is 0 Å². The molecule has 4 rings (SSSR count). The Labute approximate surface area is 175 Å². The fourth-order valence-corrected chi connectivity index (χ4v) is 3.71. The van der Waals surface area contributed by atoms with E-state index >= 15 is 0 Å². The van der Waals surface area contributed by atoms with Gasteiger partial charge in [-0.15, -0.1) is 0 Å². The molecule has 0 radical (unpaired) electrons. The highest BCUT2D eigenvalue weighted by Crippen LogP contribution is 2.42. The van der Waals surface area contributed by atoms with Gasteiger partial charge in [0.15, 0.2) is 0 Å². The highest BCUT2D eigenvalue weighted by Gasteiger charge is 2.46. The van der Waals surface area contributed by atoms with E-state index in [-0.39, 0.29) is 11.3 Å². The van der Waals surface area contributed by atoms with Crippen LogP contribution in [0.15, 0.2) is 90.5 Å². The van der Waals surface area contributed by atoms with Crippen LogP contribution in [-0.4, -0.2) is 30.9 Å². The molecule has 150 valence electrons.